The molecule has 1 heterocycles. The molecule has 0 saturated carbocycles. The number of hydrogen-bond donors (Lipinski definition) is 0. The molecule has 0 spiro atoms. The monoisotopic (exact) mass is 479 g/mol. The fourth-order valence-electron chi connectivity index (χ4n) is 5.01. The van der Waals surface area contributed by atoms with Gasteiger partial charge in [0.05, 0.1) is 0 Å². The zero-order chi connectivity index (χ0) is 22.5. The Labute approximate surface area is 193 Å². The first-order chi connectivity index (χ1) is 15.3. The molecule has 0 fully saturated rings. The zero-order valence-electron chi connectivity index (χ0n) is 19.7. The van der Waals surface area contributed by atoms with Gasteiger partial charge in [0.1, 0.15) is 0 Å². The Bertz CT molecular complexity index is 1420. The van der Waals surface area contributed by atoms with Gasteiger partial charge in [-0.25, -0.2) is 0 Å². The Morgan fingerprint density at radius 2 is 1.22 bits per heavy atom. The van der Waals surface area contributed by atoms with Gasteiger partial charge in [-0.2, -0.15) is 0 Å². The first-order valence-corrected chi connectivity index (χ1v) is 19.0. The summed E-state index contributed by atoms with van der Waals surface area (Å²) < 4.78 is 1.54. The molecule has 0 saturated heterocycles. The van der Waals surface area contributed by atoms with Crippen LogP contribution in [0.4, 0.5) is 0 Å². The van der Waals surface area contributed by atoms with E-state index in [0.717, 1.165) is 12.1 Å². The fraction of sp³-hybridized carbons (Fsp3) is 0.233. The van der Waals surface area contributed by atoms with Crippen molar-refractivity contribution in [1.29, 1.82) is 0 Å². The van der Waals surface area contributed by atoms with E-state index >= 15 is 0 Å². The molecular weight excluding hydrogens is 447 g/mol. The quantitative estimate of drug-likeness (QED) is 0.189. The Hall–Kier alpha value is -2.65. The van der Waals surface area contributed by atoms with Crippen molar-refractivity contribution in [2.75, 3.05) is 0 Å². The predicted octanol–water partition coefficient (Wildman–Crippen LogP) is 7.95. The van der Waals surface area contributed by atoms with Gasteiger partial charge in [-0.15, -0.1) is 0 Å². The van der Waals surface area contributed by atoms with E-state index in [1.165, 1.54) is 43.4 Å². The summed E-state index contributed by atoms with van der Waals surface area (Å²) in [4.78, 5) is 4.98. The number of aromatic nitrogens is 1. The molecule has 1 nitrogen and oxygen atoms in total. The molecule has 0 amide bonds. The normalized spacial score (nSPS) is 12.3. The third-order valence-corrected chi connectivity index (χ3v) is 10.8. The summed E-state index contributed by atoms with van der Waals surface area (Å²) in [6.45, 7) is 4.62. The van der Waals surface area contributed by atoms with Gasteiger partial charge in [0.25, 0.3) is 0 Å². The first kappa shape index (κ1) is 21.2. The van der Waals surface area contributed by atoms with Gasteiger partial charge in [-0.3, -0.25) is 0 Å². The van der Waals surface area contributed by atoms with Crippen LogP contribution in [0, 0.1) is 5.92 Å². The van der Waals surface area contributed by atoms with Crippen molar-refractivity contribution in [1.82, 2.24) is 4.98 Å². The third kappa shape index (κ3) is 3.73. The third-order valence-electron chi connectivity index (χ3n) is 6.47. The minimum absolute atomic E-state index is 0.640. The molecular formula is C30H31GeN. The van der Waals surface area contributed by atoms with Gasteiger partial charge >= 0.3 is 194 Å². The Morgan fingerprint density at radius 1 is 0.688 bits per heavy atom. The van der Waals surface area contributed by atoms with Gasteiger partial charge in [-0.05, 0) is 0 Å². The van der Waals surface area contributed by atoms with Gasteiger partial charge in [-0.1, -0.05) is 0 Å². The molecule has 160 valence electrons. The van der Waals surface area contributed by atoms with Gasteiger partial charge in [0.15, 0.2) is 0 Å². The average molecular weight is 478 g/mol. The van der Waals surface area contributed by atoms with Crippen molar-refractivity contribution < 1.29 is 0 Å². The molecule has 1 aromatic heterocycles. The van der Waals surface area contributed by atoms with Crippen molar-refractivity contribution in [2.24, 2.45) is 5.92 Å². The Kier molecular flexibility index (Phi) is 5.33. The second kappa shape index (κ2) is 8.04. The van der Waals surface area contributed by atoms with E-state index in [4.69, 9.17) is 4.98 Å². The van der Waals surface area contributed by atoms with E-state index < -0.39 is 13.3 Å². The van der Waals surface area contributed by atoms with Crippen LogP contribution in [0.1, 0.15) is 19.4 Å². The number of fused-ring (bicyclic) bond motifs is 6. The molecule has 0 N–H and O–H groups in total. The van der Waals surface area contributed by atoms with E-state index in [0.29, 0.717) is 5.92 Å². The molecule has 0 aliphatic carbocycles. The average Bonchev–Trinajstić information content (AvgIpc) is 2.78. The molecule has 0 unspecified atom stereocenters. The SMILES string of the molecule is CC(C)Cc1cc(-c2ccc3c4ccccc4c4ccccc4c3c2)nc[c]1[Ge]([CH3])([CH3])[CH3]. The molecule has 2 heteroatoms. The fourth-order valence-corrected chi connectivity index (χ4v) is 8.34. The minimum atomic E-state index is -1.98. The molecule has 0 aliphatic heterocycles. The maximum atomic E-state index is 4.98. The second-order valence-electron chi connectivity index (χ2n) is 10.4. The van der Waals surface area contributed by atoms with Crippen LogP contribution in [0.3, 0.4) is 0 Å². The summed E-state index contributed by atoms with van der Waals surface area (Å²) >= 11 is -1.98. The van der Waals surface area contributed by atoms with Crippen molar-refractivity contribution in [2.45, 2.75) is 37.5 Å². The zero-order valence-corrected chi connectivity index (χ0v) is 21.8. The second-order valence-corrected chi connectivity index (χ2v) is 21.0. The summed E-state index contributed by atoms with van der Waals surface area (Å²) in [6.07, 6.45) is 3.31. The van der Waals surface area contributed by atoms with E-state index in [1.807, 2.05) is 0 Å². The van der Waals surface area contributed by atoms with Crippen LogP contribution in [-0.2, 0) is 6.42 Å². The van der Waals surface area contributed by atoms with Crippen molar-refractivity contribution in [3.8, 4) is 11.3 Å². The van der Waals surface area contributed by atoms with Crippen LogP contribution < -0.4 is 4.40 Å². The van der Waals surface area contributed by atoms with Gasteiger partial charge in [0.2, 0.25) is 0 Å². The van der Waals surface area contributed by atoms with Crippen LogP contribution in [0.25, 0.3) is 43.6 Å². The van der Waals surface area contributed by atoms with E-state index in [2.05, 4.69) is 110 Å². The summed E-state index contributed by atoms with van der Waals surface area (Å²) in [5, 5.41) is 7.89. The predicted molar refractivity (Wildman–Crippen MR) is 144 cm³/mol. The van der Waals surface area contributed by atoms with Crippen LogP contribution in [0.5, 0.6) is 0 Å². The number of nitrogens with zero attached hydrogens (tertiary/aromatic N) is 1. The standard InChI is InChI=1S/C30H31GeN/c1-20(2)16-22-18-30(32-19-29(22)31(3,4)5)21-14-15-27-25-12-7-6-10-23(25)24-11-8-9-13-26(24)28(27)17-21/h6-15,17-20H,16H2,1-5H3. The summed E-state index contributed by atoms with van der Waals surface area (Å²) in [5.41, 5.74) is 3.80. The number of rotatable bonds is 4. The van der Waals surface area contributed by atoms with Crippen LogP contribution in [-0.4, -0.2) is 18.3 Å². The number of pyridine rings is 1. The molecule has 0 aliphatic rings. The summed E-state index contributed by atoms with van der Waals surface area (Å²) in [5.74, 6) is 8.04. The van der Waals surface area contributed by atoms with Gasteiger partial charge in [0, 0.05) is 0 Å². The van der Waals surface area contributed by atoms with Crippen LogP contribution in [0.15, 0.2) is 79.0 Å². The van der Waals surface area contributed by atoms with Crippen molar-refractivity contribution >= 4 is 50.0 Å². The van der Waals surface area contributed by atoms with Crippen molar-refractivity contribution in [3.05, 3.63) is 84.6 Å². The van der Waals surface area contributed by atoms with E-state index in [9.17, 15) is 0 Å². The number of benzene rings is 4. The van der Waals surface area contributed by atoms with E-state index in [1.54, 1.807) is 4.40 Å². The van der Waals surface area contributed by atoms with Gasteiger partial charge < -0.3 is 0 Å². The van der Waals surface area contributed by atoms with Crippen molar-refractivity contribution in [3.63, 3.8) is 0 Å². The van der Waals surface area contributed by atoms with Crippen LogP contribution >= 0.6 is 0 Å². The summed E-state index contributed by atoms with van der Waals surface area (Å²) in [6, 6.07) is 26.8. The molecule has 0 atom stereocenters. The van der Waals surface area contributed by atoms with Crippen LogP contribution in [0.2, 0.25) is 17.3 Å². The number of hydrogen-bond acceptors (Lipinski definition) is 1. The Balaban J connectivity index is 1.76. The molecule has 0 radical (unpaired) electrons. The molecule has 32 heavy (non-hydrogen) atoms. The topological polar surface area (TPSA) is 12.9 Å². The molecule has 4 aromatic carbocycles. The molecule has 5 aromatic rings. The maximum absolute atomic E-state index is 4.98. The Morgan fingerprint density at radius 3 is 1.75 bits per heavy atom. The van der Waals surface area contributed by atoms with E-state index in [-0.39, 0.29) is 0 Å². The molecule has 0 bridgehead atoms. The first-order valence-electron chi connectivity index (χ1n) is 11.7. The molecule has 5 rings (SSSR count). The summed E-state index contributed by atoms with van der Waals surface area (Å²) in [7, 11) is 0.